The molecule has 2 aromatic heterocycles. The minimum atomic E-state index is -1.68. The Morgan fingerprint density at radius 3 is 2.46 bits per heavy atom. The Bertz CT molecular complexity index is 1650. The van der Waals surface area contributed by atoms with Crippen molar-refractivity contribution in [3.8, 4) is 11.3 Å². The molecule has 41 heavy (non-hydrogen) atoms. The molecule has 0 spiro atoms. The molecule has 0 bridgehead atoms. The number of nitrogens with two attached hydrogens (primary N) is 1. The maximum Gasteiger partial charge on any atom is 0.267 e. The fourth-order valence-electron chi connectivity index (χ4n) is 4.76. The second-order valence-corrected chi connectivity index (χ2v) is 10.1. The number of rotatable bonds is 7. The van der Waals surface area contributed by atoms with E-state index in [1.54, 1.807) is 12.1 Å². The van der Waals surface area contributed by atoms with Crippen LogP contribution in [0, 0.1) is 5.95 Å². The average Bonchev–Trinajstić information content (AvgIpc) is 3.22. The smallest absolute Gasteiger partial charge is 0.267 e. The van der Waals surface area contributed by atoms with Gasteiger partial charge in [-0.1, -0.05) is 48.5 Å². The highest BCUT2D eigenvalue weighted by molar-refractivity contribution is 6.27. The molecule has 12 heteroatoms. The number of aliphatic hydroxyl groups is 1. The second-order valence-electron chi connectivity index (χ2n) is 10.1. The number of halogens is 1. The number of para-hydroxylation sites is 1. The molecule has 0 saturated heterocycles. The highest BCUT2D eigenvalue weighted by Gasteiger charge is 2.46. The third-order valence-electron chi connectivity index (χ3n) is 7.21. The molecule has 5 N–H and O–H groups in total. The quantitative estimate of drug-likeness (QED) is 0.121. The zero-order valence-corrected chi connectivity index (χ0v) is 22.5. The number of nitrogens with zero attached hydrogens (tertiary/aromatic N) is 4. The van der Waals surface area contributed by atoms with Crippen LogP contribution in [-0.4, -0.2) is 52.1 Å². The molecule has 5 rings (SSSR count). The first-order valence-corrected chi connectivity index (χ1v) is 13.1. The number of nitrogens with one attached hydrogen (secondary N) is 2. The fraction of sp³-hybridized carbons (Fsp3) is 0.241. The van der Waals surface area contributed by atoms with Gasteiger partial charge in [0.05, 0.1) is 12.2 Å². The third-order valence-corrected chi connectivity index (χ3v) is 7.21. The van der Waals surface area contributed by atoms with Crippen LogP contribution in [0.25, 0.3) is 11.3 Å². The van der Waals surface area contributed by atoms with E-state index in [1.165, 1.54) is 17.7 Å². The Labute approximate surface area is 239 Å². The molecule has 0 amide bonds. The van der Waals surface area contributed by atoms with Crippen molar-refractivity contribution in [1.29, 1.82) is 0 Å². The highest BCUT2D eigenvalue weighted by Crippen LogP contribution is 2.37. The van der Waals surface area contributed by atoms with Crippen LogP contribution in [-0.2, 0) is 13.6 Å². The number of anilines is 3. The molecule has 2 unspecified atom stereocenters. The van der Waals surface area contributed by atoms with Gasteiger partial charge in [0.15, 0.2) is 0 Å². The van der Waals surface area contributed by atoms with Crippen molar-refractivity contribution in [2.24, 2.45) is 12.0 Å². The van der Waals surface area contributed by atoms with Crippen LogP contribution in [0.1, 0.15) is 30.4 Å². The van der Waals surface area contributed by atoms with Gasteiger partial charge in [0.2, 0.25) is 11.9 Å². The Balaban J connectivity index is 1.48. The van der Waals surface area contributed by atoms with Gasteiger partial charge in [0.1, 0.15) is 32.9 Å². The Hall–Kier alpha value is -4.44. The average molecular weight is 547 g/mol. The van der Waals surface area contributed by atoms with Gasteiger partial charge in [-0.05, 0) is 49.1 Å². The van der Waals surface area contributed by atoms with Crippen molar-refractivity contribution >= 4 is 39.0 Å². The summed E-state index contributed by atoms with van der Waals surface area (Å²) in [5, 5.41) is 16.7. The number of amidine groups is 1. The van der Waals surface area contributed by atoms with Crippen LogP contribution in [0.2, 0.25) is 0 Å². The fourth-order valence-corrected chi connectivity index (χ4v) is 4.76. The summed E-state index contributed by atoms with van der Waals surface area (Å²) < 4.78 is 14.8. The molecule has 1 saturated carbocycles. The first-order valence-electron chi connectivity index (χ1n) is 13.1. The van der Waals surface area contributed by atoms with Crippen LogP contribution in [0.5, 0.6) is 0 Å². The Morgan fingerprint density at radius 1 is 1.07 bits per heavy atom. The van der Waals surface area contributed by atoms with Gasteiger partial charge < -0.3 is 21.5 Å². The number of aliphatic imine (C=N–C) groups is 1. The second kappa shape index (κ2) is 11.2. The van der Waals surface area contributed by atoms with E-state index in [0.29, 0.717) is 30.6 Å². The van der Waals surface area contributed by atoms with Gasteiger partial charge >= 0.3 is 0 Å². The molecule has 2 aromatic carbocycles. The molecule has 4 aromatic rings. The van der Waals surface area contributed by atoms with Crippen LogP contribution in [0.4, 0.5) is 21.8 Å². The lowest BCUT2D eigenvalue weighted by molar-refractivity contribution is 0.110. The van der Waals surface area contributed by atoms with E-state index >= 15 is 0 Å². The molecule has 0 aliphatic heterocycles. The lowest BCUT2D eigenvalue weighted by atomic mass is 9.58. The predicted octanol–water partition coefficient (Wildman–Crippen LogP) is 2.94. The van der Waals surface area contributed by atoms with Crippen molar-refractivity contribution in [3.63, 3.8) is 0 Å². The van der Waals surface area contributed by atoms with E-state index in [2.05, 4.69) is 20.6 Å². The molecular formula is C29H28B2FN7O2. The summed E-state index contributed by atoms with van der Waals surface area (Å²) in [7, 11) is 13.9. The monoisotopic (exact) mass is 547 g/mol. The summed E-state index contributed by atoms with van der Waals surface area (Å²) in [4.78, 5) is 26.7. The SMILES string of the molecule is [B]C1(O)CCCC1([B])Nc1nc(N)c(C(=NCc2ccc(-c3cccc(F)n3)cc2)Nc2ccccc2)c(=O)n1C. The summed E-state index contributed by atoms with van der Waals surface area (Å²) in [6.45, 7) is 0.209. The molecule has 1 aliphatic carbocycles. The van der Waals surface area contributed by atoms with Gasteiger partial charge in [-0.2, -0.15) is 9.37 Å². The first-order chi connectivity index (χ1) is 19.6. The number of benzene rings is 2. The van der Waals surface area contributed by atoms with E-state index in [-0.39, 0.29) is 29.7 Å². The summed E-state index contributed by atoms with van der Waals surface area (Å²) in [5.41, 5.74) is 5.69. The Morgan fingerprint density at radius 2 is 1.80 bits per heavy atom. The topological polar surface area (TPSA) is 130 Å². The van der Waals surface area contributed by atoms with Crippen LogP contribution in [0.15, 0.2) is 82.6 Å². The summed E-state index contributed by atoms with van der Waals surface area (Å²) >= 11 is 0. The standard InChI is InChI=1S/C29H28B2FN7O2/c1-39-26(40)23(24(33)37-27(39)38-28(30)15-6-16-29(28,31)41)25(35-20-7-3-2-4-8-20)34-17-18-11-13-19(14-12-18)21-9-5-10-22(32)36-21/h2-5,7-14,41H,6,15-17,33H2,1H3,(H,34,35)(H,37,38). The minimum Gasteiger partial charge on any atom is -0.398 e. The van der Waals surface area contributed by atoms with Gasteiger partial charge in [0.25, 0.3) is 5.56 Å². The molecule has 204 valence electrons. The summed E-state index contributed by atoms with van der Waals surface area (Å²) in [6, 6.07) is 21.2. The molecular weight excluding hydrogens is 519 g/mol. The molecule has 2 atom stereocenters. The van der Waals surface area contributed by atoms with Crippen LogP contribution < -0.4 is 21.9 Å². The van der Waals surface area contributed by atoms with Gasteiger partial charge in [-0.15, -0.1) is 0 Å². The highest BCUT2D eigenvalue weighted by atomic mass is 19.1. The lowest BCUT2D eigenvalue weighted by Crippen LogP contribution is -2.57. The number of hydrogen-bond donors (Lipinski definition) is 4. The van der Waals surface area contributed by atoms with Crippen LogP contribution in [0.3, 0.4) is 0 Å². The van der Waals surface area contributed by atoms with Gasteiger partial charge in [-0.3, -0.25) is 14.4 Å². The Kier molecular flexibility index (Phi) is 7.68. The third kappa shape index (κ3) is 5.88. The normalized spacial score (nSPS) is 20.6. The van der Waals surface area contributed by atoms with Crippen LogP contribution >= 0.6 is 0 Å². The number of pyridine rings is 1. The zero-order valence-electron chi connectivity index (χ0n) is 22.5. The molecule has 1 aliphatic rings. The van der Waals surface area contributed by atoms with E-state index < -0.39 is 22.4 Å². The maximum absolute atomic E-state index is 13.6. The van der Waals surface area contributed by atoms with Crippen molar-refractivity contribution in [1.82, 2.24) is 14.5 Å². The van der Waals surface area contributed by atoms with Crippen molar-refractivity contribution < 1.29 is 9.50 Å². The van der Waals surface area contributed by atoms with Crippen molar-refractivity contribution in [2.75, 3.05) is 16.4 Å². The van der Waals surface area contributed by atoms with Crippen molar-refractivity contribution in [3.05, 3.63) is 100 Å². The van der Waals surface area contributed by atoms with E-state index in [1.807, 2.05) is 54.6 Å². The number of aromatic nitrogens is 3. The maximum atomic E-state index is 13.6. The number of nitrogen functional groups attached to an aromatic ring is 1. The van der Waals surface area contributed by atoms with E-state index in [4.69, 9.17) is 26.4 Å². The minimum absolute atomic E-state index is 0.0722. The van der Waals surface area contributed by atoms with Gasteiger partial charge in [-0.25, -0.2) is 4.98 Å². The van der Waals surface area contributed by atoms with Crippen molar-refractivity contribution in [2.45, 2.75) is 36.7 Å². The first kappa shape index (κ1) is 28.1. The van der Waals surface area contributed by atoms with Gasteiger partial charge in [0, 0.05) is 29.2 Å². The molecule has 1 fully saturated rings. The van der Waals surface area contributed by atoms with E-state index in [9.17, 15) is 14.3 Å². The largest absolute Gasteiger partial charge is 0.398 e. The zero-order chi connectivity index (χ0) is 29.2. The lowest BCUT2D eigenvalue weighted by Gasteiger charge is -2.39. The summed E-state index contributed by atoms with van der Waals surface area (Å²) in [6.07, 6.45) is 1.29. The molecule has 2 heterocycles. The molecule has 4 radical (unpaired) electrons. The molecule has 9 nitrogen and oxygen atoms in total. The summed E-state index contributed by atoms with van der Waals surface area (Å²) in [5.74, 6) is -0.328. The number of hydrogen-bond acceptors (Lipinski definition) is 7. The predicted molar refractivity (Wildman–Crippen MR) is 160 cm³/mol. The van der Waals surface area contributed by atoms with E-state index in [0.717, 1.165) is 11.1 Å².